The van der Waals surface area contributed by atoms with Gasteiger partial charge in [-0.15, -0.1) is 0 Å². The number of anilines is 1. The van der Waals surface area contributed by atoms with E-state index in [0.29, 0.717) is 0 Å². The number of aromatic amines is 2. The topological polar surface area (TPSA) is 206 Å². The van der Waals surface area contributed by atoms with E-state index in [1.165, 1.54) is 0 Å². The minimum atomic E-state index is -4.73. The highest BCUT2D eigenvalue weighted by molar-refractivity contribution is 7.46. The first-order chi connectivity index (χ1) is 11.2. The monoisotopic (exact) mass is 363 g/mol. The molecule has 3 rings (SSSR count). The molecule has 7 N–H and O–H groups in total. The second kappa shape index (κ2) is 5.81. The number of phosphoric acid groups is 1. The Morgan fingerprint density at radius 2 is 2.12 bits per heavy atom. The van der Waals surface area contributed by atoms with Crippen LogP contribution in [0, 0.1) is 0 Å². The minimum absolute atomic E-state index is 0.0602. The number of nitrogen functional groups attached to an aromatic ring is 1. The summed E-state index contributed by atoms with van der Waals surface area (Å²) in [6.45, 7) is -0.574. The third-order valence-corrected chi connectivity index (χ3v) is 3.98. The van der Waals surface area contributed by atoms with Crippen molar-refractivity contribution in [2.45, 2.75) is 24.9 Å². The average molecular weight is 363 g/mol. The van der Waals surface area contributed by atoms with Gasteiger partial charge in [-0.1, -0.05) is 0 Å². The number of rotatable bonds is 4. The molecular weight excluding hydrogens is 349 g/mol. The molecule has 132 valence electrons. The van der Waals surface area contributed by atoms with Crippen molar-refractivity contribution in [2.75, 3.05) is 12.3 Å². The zero-order valence-electron chi connectivity index (χ0n) is 11.9. The fourth-order valence-electron chi connectivity index (χ4n) is 2.49. The first-order valence-corrected chi connectivity index (χ1v) is 8.22. The molecule has 3 heterocycles. The summed E-state index contributed by atoms with van der Waals surface area (Å²) in [4.78, 5) is 49.6. The Labute approximate surface area is 132 Å². The molecule has 0 spiro atoms. The van der Waals surface area contributed by atoms with Gasteiger partial charge in [-0.05, 0) is 0 Å². The summed E-state index contributed by atoms with van der Waals surface area (Å²) in [7, 11) is -4.73. The number of imidazole rings is 1. The van der Waals surface area contributed by atoms with Crippen LogP contribution < -0.4 is 17.0 Å². The maximum absolute atomic E-state index is 12.1. The average Bonchev–Trinajstić information content (AvgIpc) is 2.96. The van der Waals surface area contributed by atoms with E-state index in [4.69, 9.17) is 20.3 Å². The number of nitrogens with two attached hydrogens (primary N) is 1. The summed E-state index contributed by atoms with van der Waals surface area (Å²) in [6, 6.07) is 0. The van der Waals surface area contributed by atoms with Gasteiger partial charge in [0.15, 0.2) is 11.2 Å². The highest BCUT2D eigenvalue weighted by Gasteiger charge is 2.38. The van der Waals surface area contributed by atoms with Gasteiger partial charge in [0.2, 0.25) is 5.95 Å². The Hall–Kier alpha value is -2.02. The number of H-pyrrole nitrogens is 2. The highest BCUT2D eigenvalue weighted by atomic mass is 31.2. The van der Waals surface area contributed by atoms with Gasteiger partial charge in [-0.3, -0.25) is 19.3 Å². The molecule has 1 aliphatic rings. The highest BCUT2D eigenvalue weighted by Crippen LogP contribution is 2.38. The van der Waals surface area contributed by atoms with Gasteiger partial charge in [0.25, 0.3) is 5.56 Å². The zero-order valence-corrected chi connectivity index (χ0v) is 12.8. The third kappa shape index (κ3) is 3.13. The lowest BCUT2D eigenvalue weighted by atomic mass is 10.2. The molecule has 0 aliphatic carbocycles. The fourth-order valence-corrected chi connectivity index (χ4v) is 2.83. The van der Waals surface area contributed by atoms with Crippen molar-refractivity contribution in [3.63, 3.8) is 0 Å². The van der Waals surface area contributed by atoms with Crippen LogP contribution in [-0.2, 0) is 13.8 Å². The maximum Gasteiger partial charge on any atom is 0.469 e. The Morgan fingerprint density at radius 3 is 2.79 bits per heavy atom. The fraction of sp³-hybridized carbons (Fsp3) is 0.500. The minimum Gasteiger partial charge on any atom is -0.390 e. The Kier molecular flexibility index (Phi) is 4.07. The molecule has 1 fully saturated rings. The van der Waals surface area contributed by atoms with Crippen molar-refractivity contribution < 1.29 is 28.7 Å². The second-order valence-corrected chi connectivity index (χ2v) is 6.41. The van der Waals surface area contributed by atoms with E-state index in [-0.39, 0.29) is 23.5 Å². The smallest absolute Gasteiger partial charge is 0.390 e. The number of nitrogens with zero attached hydrogens (tertiary/aromatic N) is 2. The Bertz CT molecular complexity index is 927. The quantitative estimate of drug-likeness (QED) is 0.322. The molecule has 2 aromatic rings. The van der Waals surface area contributed by atoms with Crippen molar-refractivity contribution in [3.05, 3.63) is 20.8 Å². The van der Waals surface area contributed by atoms with E-state index in [1.54, 1.807) is 0 Å². The molecule has 2 aromatic heterocycles. The van der Waals surface area contributed by atoms with Crippen molar-refractivity contribution in [1.29, 1.82) is 0 Å². The number of hydrogen-bond acceptors (Lipinski definition) is 8. The summed E-state index contributed by atoms with van der Waals surface area (Å²) in [5, 5.41) is 9.93. The van der Waals surface area contributed by atoms with E-state index in [0.717, 1.165) is 4.57 Å². The number of nitrogens with one attached hydrogen (secondary N) is 2. The molecule has 0 aromatic carbocycles. The van der Waals surface area contributed by atoms with Gasteiger partial charge in [-0.25, -0.2) is 13.9 Å². The molecular formula is C10H14N5O8P. The number of aliphatic hydroxyl groups excluding tert-OH is 1. The van der Waals surface area contributed by atoms with E-state index in [2.05, 4.69) is 19.5 Å². The predicted octanol–water partition coefficient (Wildman–Crippen LogP) is -2.25. The van der Waals surface area contributed by atoms with Gasteiger partial charge in [0.1, 0.15) is 12.3 Å². The molecule has 1 aliphatic heterocycles. The number of phosphoric ester groups is 1. The molecule has 13 nitrogen and oxygen atoms in total. The largest absolute Gasteiger partial charge is 0.469 e. The summed E-state index contributed by atoms with van der Waals surface area (Å²) in [5.74, 6) is -0.208. The number of aromatic nitrogens is 4. The molecule has 14 heteroatoms. The number of ether oxygens (including phenoxy) is 1. The van der Waals surface area contributed by atoms with Gasteiger partial charge in [0, 0.05) is 6.42 Å². The zero-order chi connectivity index (χ0) is 17.6. The van der Waals surface area contributed by atoms with Crippen LogP contribution in [0.5, 0.6) is 0 Å². The van der Waals surface area contributed by atoms with Gasteiger partial charge >= 0.3 is 13.5 Å². The number of fused-ring (bicyclic) bond motifs is 1. The standard InChI is InChI=1S/C10H14N5O8P/c11-9-13-7-6(8(17)14-9)12-10(18)15(7)5-1-3(16)4(23-5)2-22-24(19,20)21/h3-5,16H,1-2H2,(H,12,18)(H2,19,20,21)(H3,11,13,14,17)/t3-,4?,5?/m0/s1. The lowest BCUT2D eigenvalue weighted by Crippen LogP contribution is -2.26. The van der Waals surface area contributed by atoms with E-state index >= 15 is 0 Å². The predicted molar refractivity (Wildman–Crippen MR) is 77.9 cm³/mol. The molecule has 0 radical (unpaired) electrons. The maximum atomic E-state index is 12.1. The van der Waals surface area contributed by atoms with E-state index in [9.17, 15) is 19.3 Å². The number of aliphatic hydroxyl groups is 1. The Morgan fingerprint density at radius 1 is 1.42 bits per heavy atom. The van der Waals surface area contributed by atoms with Crippen LogP contribution in [0.4, 0.5) is 5.95 Å². The van der Waals surface area contributed by atoms with Crippen LogP contribution in [0.3, 0.4) is 0 Å². The van der Waals surface area contributed by atoms with Gasteiger partial charge in [-0.2, -0.15) is 4.98 Å². The first kappa shape index (κ1) is 16.8. The summed E-state index contributed by atoms with van der Waals surface area (Å²) in [5.41, 5.74) is 3.94. The van der Waals surface area contributed by atoms with Crippen molar-refractivity contribution in [1.82, 2.24) is 19.5 Å². The summed E-state index contributed by atoms with van der Waals surface area (Å²) >= 11 is 0. The molecule has 0 bridgehead atoms. The SMILES string of the molecule is Nc1nc2c([nH]c(=O)n2C2C[C@H](O)C(COP(=O)(O)O)O2)c(=O)[nH]1. The lowest BCUT2D eigenvalue weighted by Gasteiger charge is -2.15. The Balaban J connectivity index is 1.92. The van der Waals surface area contributed by atoms with Crippen LogP contribution in [0.25, 0.3) is 11.2 Å². The molecule has 24 heavy (non-hydrogen) atoms. The first-order valence-electron chi connectivity index (χ1n) is 6.69. The van der Waals surface area contributed by atoms with Crippen LogP contribution in [-0.4, -0.2) is 53.2 Å². The van der Waals surface area contributed by atoms with Gasteiger partial charge < -0.3 is 25.4 Å². The van der Waals surface area contributed by atoms with Gasteiger partial charge in [0.05, 0.1) is 12.7 Å². The molecule has 2 unspecified atom stereocenters. The van der Waals surface area contributed by atoms with Crippen molar-refractivity contribution >= 4 is 24.9 Å². The molecule has 0 saturated carbocycles. The van der Waals surface area contributed by atoms with Crippen molar-refractivity contribution in [2.24, 2.45) is 0 Å². The number of hydrogen-bond donors (Lipinski definition) is 6. The molecule has 3 atom stereocenters. The van der Waals surface area contributed by atoms with Crippen LogP contribution in [0.15, 0.2) is 9.59 Å². The van der Waals surface area contributed by atoms with Crippen LogP contribution in [0.2, 0.25) is 0 Å². The second-order valence-electron chi connectivity index (χ2n) is 5.17. The normalized spacial score (nSPS) is 24.7. The molecule has 0 amide bonds. The van der Waals surface area contributed by atoms with Crippen molar-refractivity contribution in [3.8, 4) is 0 Å². The van der Waals surface area contributed by atoms with E-state index < -0.39 is 44.1 Å². The van der Waals surface area contributed by atoms with Crippen LogP contribution in [0.1, 0.15) is 12.6 Å². The summed E-state index contributed by atoms with van der Waals surface area (Å²) in [6.07, 6.45) is -3.30. The summed E-state index contributed by atoms with van der Waals surface area (Å²) < 4.78 is 21.4. The van der Waals surface area contributed by atoms with E-state index in [1.807, 2.05) is 0 Å². The molecule has 1 saturated heterocycles. The van der Waals surface area contributed by atoms with Crippen LogP contribution >= 0.6 is 7.82 Å². The third-order valence-electron chi connectivity index (χ3n) is 3.50. The lowest BCUT2D eigenvalue weighted by molar-refractivity contribution is -0.0433.